The molecule has 1 fully saturated rings. The summed E-state index contributed by atoms with van der Waals surface area (Å²) in [4.78, 5) is 29.8. The van der Waals surface area contributed by atoms with Crippen LogP contribution in [0.5, 0.6) is 5.75 Å². The summed E-state index contributed by atoms with van der Waals surface area (Å²) >= 11 is 0. The van der Waals surface area contributed by atoms with E-state index >= 15 is 0 Å². The number of carbonyl (C=O) groups excluding carboxylic acids is 2. The van der Waals surface area contributed by atoms with Gasteiger partial charge in [0.1, 0.15) is 5.75 Å². The average molecular weight is 493 g/mol. The van der Waals surface area contributed by atoms with E-state index in [1.165, 1.54) is 12.8 Å². The Morgan fingerprint density at radius 1 is 0.917 bits per heavy atom. The van der Waals surface area contributed by atoms with Crippen molar-refractivity contribution in [3.05, 3.63) is 65.2 Å². The van der Waals surface area contributed by atoms with Gasteiger partial charge in [-0.15, -0.1) is 0 Å². The quantitative estimate of drug-likeness (QED) is 0.621. The zero-order valence-electron chi connectivity index (χ0n) is 21.3. The van der Waals surface area contributed by atoms with Gasteiger partial charge >= 0.3 is 0 Å². The molecule has 0 bridgehead atoms. The van der Waals surface area contributed by atoms with Crippen molar-refractivity contribution in [2.24, 2.45) is 0 Å². The van der Waals surface area contributed by atoms with Crippen LogP contribution in [0, 0.1) is 0 Å². The lowest BCUT2D eigenvalue weighted by Crippen LogP contribution is -2.37. The van der Waals surface area contributed by atoms with Crippen LogP contribution in [0.3, 0.4) is 0 Å². The van der Waals surface area contributed by atoms with E-state index in [0.717, 1.165) is 61.3 Å². The zero-order chi connectivity index (χ0) is 25.0. The van der Waals surface area contributed by atoms with Gasteiger partial charge in [-0.05, 0) is 62.4 Å². The van der Waals surface area contributed by atoms with Gasteiger partial charge in [-0.1, -0.05) is 42.5 Å². The van der Waals surface area contributed by atoms with Gasteiger partial charge in [0.25, 0.3) is 0 Å². The standard InChI is InChI=1S/C29H40N4O3/c34-28(31-14-17-32-15-6-7-16-32)20-25-11-12-27-26(19-25)22-33(21-24-9-3-1-4-10-24)23-29(35)30-13-5-2-8-18-36-27/h1,3-4,9-12,19H,2,5-8,13-18,20-23H2,(H,30,35)(H,31,34). The van der Waals surface area contributed by atoms with Crippen LogP contribution < -0.4 is 15.4 Å². The summed E-state index contributed by atoms with van der Waals surface area (Å²) in [6, 6.07) is 16.3. The molecular weight excluding hydrogens is 452 g/mol. The molecule has 7 heteroatoms. The summed E-state index contributed by atoms with van der Waals surface area (Å²) in [5, 5.41) is 6.13. The van der Waals surface area contributed by atoms with Crippen molar-refractivity contribution in [3.63, 3.8) is 0 Å². The lowest BCUT2D eigenvalue weighted by molar-refractivity contribution is -0.122. The van der Waals surface area contributed by atoms with Crippen molar-refractivity contribution in [1.82, 2.24) is 20.4 Å². The smallest absolute Gasteiger partial charge is 0.234 e. The van der Waals surface area contributed by atoms with Crippen molar-refractivity contribution in [3.8, 4) is 5.75 Å². The minimum atomic E-state index is 0.0419. The van der Waals surface area contributed by atoms with Gasteiger partial charge in [-0.2, -0.15) is 0 Å². The Hall–Kier alpha value is -2.90. The van der Waals surface area contributed by atoms with Crippen LogP contribution in [-0.4, -0.2) is 67.5 Å². The topological polar surface area (TPSA) is 73.9 Å². The van der Waals surface area contributed by atoms with E-state index in [1.807, 2.05) is 30.3 Å². The molecule has 2 N–H and O–H groups in total. The second-order valence-corrected chi connectivity index (χ2v) is 9.91. The van der Waals surface area contributed by atoms with Gasteiger partial charge in [0.15, 0.2) is 0 Å². The molecule has 2 amide bonds. The van der Waals surface area contributed by atoms with Gasteiger partial charge in [0, 0.05) is 38.3 Å². The summed E-state index contributed by atoms with van der Waals surface area (Å²) in [6.45, 7) is 6.77. The van der Waals surface area contributed by atoms with Crippen LogP contribution in [0.4, 0.5) is 0 Å². The molecule has 0 atom stereocenters. The number of fused-ring (bicyclic) bond motifs is 1. The van der Waals surface area contributed by atoms with E-state index in [4.69, 9.17) is 4.74 Å². The first kappa shape index (κ1) is 26.2. The molecule has 2 aliphatic rings. The number of nitrogens with zero attached hydrogens (tertiary/aromatic N) is 2. The van der Waals surface area contributed by atoms with E-state index in [2.05, 4.69) is 38.6 Å². The van der Waals surface area contributed by atoms with Crippen molar-refractivity contribution in [1.29, 1.82) is 0 Å². The Morgan fingerprint density at radius 2 is 1.75 bits per heavy atom. The Balaban J connectivity index is 1.45. The van der Waals surface area contributed by atoms with E-state index in [9.17, 15) is 9.59 Å². The van der Waals surface area contributed by atoms with Gasteiger partial charge in [0.05, 0.1) is 19.6 Å². The summed E-state index contributed by atoms with van der Waals surface area (Å²) in [5.41, 5.74) is 3.13. The molecule has 0 spiro atoms. The molecule has 4 rings (SSSR count). The highest BCUT2D eigenvalue weighted by molar-refractivity contribution is 5.79. The summed E-state index contributed by atoms with van der Waals surface area (Å²) in [6.07, 6.45) is 5.77. The highest BCUT2D eigenvalue weighted by Gasteiger charge is 2.17. The SMILES string of the molecule is O=C(Cc1ccc2c(c1)CN(Cc1ccccc1)CC(=O)NCCCCCO2)NCCN1CCCC1. The Kier molecular flexibility index (Phi) is 10.2. The molecule has 0 aromatic heterocycles. The van der Waals surface area contributed by atoms with Crippen LogP contribution in [0.1, 0.15) is 48.8 Å². The monoisotopic (exact) mass is 492 g/mol. The predicted molar refractivity (Wildman–Crippen MR) is 142 cm³/mol. The number of rotatable bonds is 7. The van der Waals surface area contributed by atoms with Gasteiger partial charge in [-0.3, -0.25) is 14.5 Å². The predicted octanol–water partition coefficient (Wildman–Crippen LogP) is 3.12. The third kappa shape index (κ3) is 8.64. The summed E-state index contributed by atoms with van der Waals surface area (Å²) in [7, 11) is 0. The Labute approximate surface area is 215 Å². The largest absolute Gasteiger partial charge is 0.493 e. The molecule has 2 aliphatic heterocycles. The molecule has 2 aromatic rings. The molecule has 0 radical (unpaired) electrons. The van der Waals surface area contributed by atoms with Gasteiger partial charge < -0.3 is 20.3 Å². The minimum absolute atomic E-state index is 0.0419. The molecule has 0 aliphatic carbocycles. The lowest BCUT2D eigenvalue weighted by Gasteiger charge is -2.24. The molecule has 0 saturated carbocycles. The van der Waals surface area contributed by atoms with Crippen LogP contribution in [0.25, 0.3) is 0 Å². The first-order chi connectivity index (χ1) is 17.7. The van der Waals surface area contributed by atoms with Crippen LogP contribution in [0.2, 0.25) is 0 Å². The van der Waals surface area contributed by atoms with Gasteiger partial charge in [-0.25, -0.2) is 0 Å². The number of carbonyl (C=O) groups is 2. The van der Waals surface area contributed by atoms with Crippen molar-refractivity contribution >= 4 is 11.8 Å². The second kappa shape index (κ2) is 14.0. The fraction of sp³-hybridized carbons (Fsp3) is 0.517. The number of hydrogen-bond donors (Lipinski definition) is 2. The van der Waals surface area contributed by atoms with Crippen molar-refractivity contribution in [2.45, 2.75) is 51.6 Å². The number of benzene rings is 2. The number of hydrogen-bond acceptors (Lipinski definition) is 5. The maximum atomic E-state index is 12.7. The molecule has 36 heavy (non-hydrogen) atoms. The van der Waals surface area contributed by atoms with Gasteiger partial charge in [0.2, 0.25) is 11.8 Å². The third-order valence-electron chi connectivity index (χ3n) is 6.85. The molecule has 7 nitrogen and oxygen atoms in total. The van der Waals surface area contributed by atoms with Crippen LogP contribution in [-0.2, 0) is 29.1 Å². The Bertz CT molecular complexity index is 976. The van der Waals surface area contributed by atoms with Crippen molar-refractivity contribution < 1.29 is 14.3 Å². The molecular formula is C29H40N4O3. The highest BCUT2D eigenvalue weighted by Crippen LogP contribution is 2.24. The lowest BCUT2D eigenvalue weighted by atomic mass is 10.1. The van der Waals surface area contributed by atoms with E-state index in [0.29, 0.717) is 45.8 Å². The molecule has 1 saturated heterocycles. The number of nitrogens with one attached hydrogen (secondary N) is 2. The number of amides is 2. The first-order valence-corrected chi connectivity index (χ1v) is 13.4. The number of ether oxygens (including phenoxy) is 1. The minimum Gasteiger partial charge on any atom is -0.493 e. The number of likely N-dealkylation sites (tertiary alicyclic amines) is 1. The van der Waals surface area contributed by atoms with E-state index < -0.39 is 0 Å². The van der Waals surface area contributed by atoms with E-state index in [-0.39, 0.29) is 11.8 Å². The molecule has 194 valence electrons. The zero-order valence-corrected chi connectivity index (χ0v) is 21.3. The fourth-order valence-electron chi connectivity index (χ4n) is 4.94. The molecule has 2 heterocycles. The van der Waals surface area contributed by atoms with Crippen molar-refractivity contribution in [2.75, 3.05) is 45.9 Å². The molecule has 0 unspecified atom stereocenters. The van der Waals surface area contributed by atoms with E-state index in [1.54, 1.807) is 0 Å². The third-order valence-corrected chi connectivity index (χ3v) is 6.85. The molecule has 2 aromatic carbocycles. The first-order valence-electron chi connectivity index (χ1n) is 13.4. The van der Waals surface area contributed by atoms with Crippen LogP contribution >= 0.6 is 0 Å². The summed E-state index contributed by atoms with van der Waals surface area (Å²) < 4.78 is 6.17. The maximum absolute atomic E-state index is 12.7. The normalized spacial score (nSPS) is 18.2. The highest BCUT2D eigenvalue weighted by atomic mass is 16.5. The maximum Gasteiger partial charge on any atom is 0.234 e. The van der Waals surface area contributed by atoms with Crippen LogP contribution in [0.15, 0.2) is 48.5 Å². The second-order valence-electron chi connectivity index (χ2n) is 9.91. The summed E-state index contributed by atoms with van der Waals surface area (Å²) in [5.74, 6) is 0.923. The fourth-order valence-corrected chi connectivity index (χ4v) is 4.94. The average Bonchev–Trinajstić information content (AvgIpc) is 3.38. The Morgan fingerprint density at radius 3 is 2.58 bits per heavy atom.